The molecule has 0 saturated carbocycles. The molecular weight excluding hydrogens is 222 g/mol. The third kappa shape index (κ3) is 5.68. The standard InChI is InChI=1S/C15H33N3/c1-12(2)11-18(8-7-17(5)6)15-9-13(3)16-14(4)10-15/h12-16H,7-11H2,1-6H3. The highest BCUT2D eigenvalue weighted by molar-refractivity contribution is 4.87. The number of rotatable bonds is 6. The first kappa shape index (κ1) is 15.9. The Morgan fingerprint density at radius 1 is 1.06 bits per heavy atom. The van der Waals surface area contributed by atoms with E-state index >= 15 is 0 Å². The maximum atomic E-state index is 3.65. The van der Waals surface area contributed by atoms with Crippen molar-refractivity contribution in [3.63, 3.8) is 0 Å². The maximum absolute atomic E-state index is 3.65. The minimum atomic E-state index is 0.660. The summed E-state index contributed by atoms with van der Waals surface area (Å²) in [6.45, 7) is 12.9. The van der Waals surface area contributed by atoms with E-state index in [-0.39, 0.29) is 0 Å². The Bertz CT molecular complexity index is 218. The molecule has 0 aliphatic carbocycles. The summed E-state index contributed by atoms with van der Waals surface area (Å²) in [6, 6.07) is 2.08. The smallest absolute Gasteiger partial charge is 0.0125 e. The molecule has 0 bridgehead atoms. The average Bonchev–Trinajstić information content (AvgIpc) is 2.22. The molecule has 3 heteroatoms. The topological polar surface area (TPSA) is 18.5 Å². The molecule has 2 atom stereocenters. The van der Waals surface area contributed by atoms with Gasteiger partial charge >= 0.3 is 0 Å². The molecular formula is C15H33N3. The Labute approximate surface area is 114 Å². The molecule has 18 heavy (non-hydrogen) atoms. The lowest BCUT2D eigenvalue weighted by atomic mass is 9.93. The maximum Gasteiger partial charge on any atom is 0.0125 e. The lowest BCUT2D eigenvalue weighted by Crippen LogP contribution is -2.52. The van der Waals surface area contributed by atoms with Gasteiger partial charge in [-0.05, 0) is 46.7 Å². The second-order valence-electron chi connectivity index (χ2n) is 6.79. The number of hydrogen-bond donors (Lipinski definition) is 1. The van der Waals surface area contributed by atoms with Crippen molar-refractivity contribution in [3.8, 4) is 0 Å². The summed E-state index contributed by atoms with van der Waals surface area (Å²) >= 11 is 0. The van der Waals surface area contributed by atoms with Gasteiger partial charge in [-0.15, -0.1) is 0 Å². The SMILES string of the molecule is CC(C)CN(CCN(C)C)C1CC(C)NC(C)C1. The summed E-state index contributed by atoms with van der Waals surface area (Å²) < 4.78 is 0. The van der Waals surface area contributed by atoms with Crippen LogP contribution in [0.3, 0.4) is 0 Å². The average molecular weight is 255 g/mol. The van der Waals surface area contributed by atoms with Crippen LogP contribution in [0.4, 0.5) is 0 Å². The van der Waals surface area contributed by atoms with E-state index in [1.165, 1.54) is 32.5 Å². The first-order valence-corrected chi connectivity index (χ1v) is 7.53. The van der Waals surface area contributed by atoms with Crippen molar-refractivity contribution in [3.05, 3.63) is 0 Å². The fourth-order valence-corrected chi connectivity index (χ4v) is 3.05. The van der Waals surface area contributed by atoms with Crippen molar-refractivity contribution >= 4 is 0 Å². The Balaban J connectivity index is 2.56. The Hall–Kier alpha value is -0.120. The van der Waals surface area contributed by atoms with E-state index in [1.54, 1.807) is 0 Å². The molecule has 3 nitrogen and oxygen atoms in total. The summed E-state index contributed by atoms with van der Waals surface area (Å²) in [7, 11) is 4.34. The minimum absolute atomic E-state index is 0.660. The van der Waals surface area contributed by atoms with Crippen LogP contribution in [0, 0.1) is 5.92 Å². The largest absolute Gasteiger partial charge is 0.312 e. The first-order valence-electron chi connectivity index (χ1n) is 7.53. The Morgan fingerprint density at radius 3 is 2.06 bits per heavy atom. The third-order valence-corrected chi connectivity index (χ3v) is 3.77. The summed E-state index contributed by atoms with van der Waals surface area (Å²) in [5.41, 5.74) is 0. The van der Waals surface area contributed by atoms with Crippen molar-refractivity contribution < 1.29 is 0 Å². The zero-order valence-electron chi connectivity index (χ0n) is 13.2. The monoisotopic (exact) mass is 255 g/mol. The highest BCUT2D eigenvalue weighted by Gasteiger charge is 2.28. The van der Waals surface area contributed by atoms with Gasteiger partial charge in [-0.25, -0.2) is 0 Å². The highest BCUT2D eigenvalue weighted by atomic mass is 15.2. The van der Waals surface area contributed by atoms with E-state index in [0.717, 1.165) is 12.0 Å². The van der Waals surface area contributed by atoms with E-state index < -0.39 is 0 Å². The second-order valence-corrected chi connectivity index (χ2v) is 6.79. The van der Waals surface area contributed by atoms with Crippen LogP contribution in [0.15, 0.2) is 0 Å². The molecule has 1 aliphatic heterocycles. The molecule has 0 aromatic heterocycles. The van der Waals surface area contributed by atoms with Crippen LogP contribution < -0.4 is 5.32 Å². The van der Waals surface area contributed by atoms with Crippen molar-refractivity contribution in [1.82, 2.24) is 15.1 Å². The van der Waals surface area contributed by atoms with Gasteiger partial charge in [0.05, 0.1) is 0 Å². The van der Waals surface area contributed by atoms with E-state index in [9.17, 15) is 0 Å². The number of likely N-dealkylation sites (N-methyl/N-ethyl adjacent to an activating group) is 1. The van der Waals surface area contributed by atoms with Crippen LogP contribution in [-0.4, -0.2) is 61.7 Å². The molecule has 1 fully saturated rings. The van der Waals surface area contributed by atoms with Crippen molar-refractivity contribution in [2.75, 3.05) is 33.7 Å². The van der Waals surface area contributed by atoms with E-state index in [4.69, 9.17) is 0 Å². The van der Waals surface area contributed by atoms with Gasteiger partial charge in [-0.2, -0.15) is 0 Å². The third-order valence-electron chi connectivity index (χ3n) is 3.77. The first-order chi connectivity index (χ1) is 8.38. The predicted octanol–water partition coefficient (Wildman–Crippen LogP) is 2.04. The molecule has 1 saturated heterocycles. The summed E-state index contributed by atoms with van der Waals surface area (Å²) in [5, 5.41) is 3.65. The molecule has 0 radical (unpaired) electrons. The van der Waals surface area contributed by atoms with Crippen LogP contribution in [0.25, 0.3) is 0 Å². The van der Waals surface area contributed by atoms with Crippen LogP contribution >= 0.6 is 0 Å². The number of nitrogens with zero attached hydrogens (tertiary/aromatic N) is 2. The van der Waals surface area contributed by atoms with Gasteiger partial charge in [-0.3, -0.25) is 4.90 Å². The molecule has 2 unspecified atom stereocenters. The lowest BCUT2D eigenvalue weighted by molar-refractivity contribution is 0.108. The zero-order valence-corrected chi connectivity index (χ0v) is 13.2. The second kappa shape index (κ2) is 7.46. The minimum Gasteiger partial charge on any atom is -0.312 e. The number of hydrogen-bond acceptors (Lipinski definition) is 3. The normalized spacial score (nSPS) is 29.5. The number of piperidine rings is 1. The van der Waals surface area contributed by atoms with Gasteiger partial charge in [0.1, 0.15) is 0 Å². The van der Waals surface area contributed by atoms with Gasteiger partial charge < -0.3 is 10.2 Å². The number of nitrogens with one attached hydrogen (secondary N) is 1. The summed E-state index contributed by atoms with van der Waals surface area (Å²) in [6.07, 6.45) is 2.59. The molecule has 1 aliphatic rings. The molecule has 0 aromatic carbocycles. The van der Waals surface area contributed by atoms with Crippen LogP contribution in [0.2, 0.25) is 0 Å². The molecule has 1 N–H and O–H groups in total. The predicted molar refractivity (Wildman–Crippen MR) is 80.0 cm³/mol. The molecule has 108 valence electrons. The molecule has 0 aromatic rings. The Morgan fingerprint density at radius 2 is 1.61 bits per heavy atom. The van der Waals surface area contributed by atoms with Gasteiger partial charge in [0.15, 0.2) is 0 Å². The molecule has 1 rings (SSSR count). The van der Waals surface area contributed by atoms with E-state index in [1.807, 2.05) is 0 Å². The van der Waals surface area contributed by atoms with Gasteiger partial charge in [0.2, 0.25) is 0 Å². The van der Waals surface area contributed by atoms with E-state index in [2.05, 4.69) is 56.9 Å². The lowest BCUT2D eigenvalue weighted by Gasteiger charge is -2.41. The van der Waals surface area contributed by atoms with Crippen LogP contribution in [0.5, 0.6) is 0 Å². The molecule has 0 amide bonds. The Kier molecular flexibility index (Phi) is 6.61. The molecule has 0 spiro atoms. The zero-order chi connectivity index (χ0) is 13.7. The quantitative estimate of drug-likeness (QED) is 0.783. The van der Waals surface area contributed by atoms with Crippen molar-refractivity contribution in [1.29, 1.82) is 0 Å². The fraction of sp³-hybridized carbons (Fsp3) is 1.00. The van der Waals surface area contributed by atoms with Gasteiger partial charge in [0, 0.05) is 37.8 Å². The van der Waals surface area contributed by atoms with Crippen molar-refractivity contribution in [2.24, 2.45) is 5.92 Å². The van der Waals surface area contributed by atoms with Gasteiger partial charge in [0.25, 0.3) is 0 Å². The van der Waals surface area contributed by atoms with E-state index in [0.29, 0.717) is 12.1 Å². The molecule has 1 heterocycles. The van der Waals surface area contributed by atoms with Crippen LogP contribution in [0.1, 0.15) is 40.5 Å². The van der Waals surface area contributed by atoms with Crippen LogP contribution in [-0.2, 0) is 0 Å². The fourth-order valence-electron chi connectivity index (χ4n) is 3.05. The summed E-state index contributed by atoms with van der Waals surface area (Å²) in [5.74, 6) is 0.757. The summed E-state index contributed by atoms with van der Waals surface area (Å²) in [4.78, 5) is 5.01. The van der Waals surface area contributed by atoms with Gasteiger partial charge in [-0.1, -0.05) is 13.8 Å². The highest BCUT2D eigenvalue weighted by Crippen LogP contribution is 2.20. The van der Waals surface area contributed by atoms with Crippen molar-refractivity contribution in [2.45, 2.75) is 58.7 Å².